The van der Waals surface area contributed by atoms with Gasteiger partial charge in [-0.15, -0.1) is 0 Å². The zero-order valence-corrected chi connectivity index (χ0v) is 14.7. The predicted molar refractivity (Wildman–Crippen MR) is 97.6 cm³/mol. The second-order valence-electron chi connectivity index (χ2n) is 6.31. The summed E-state index contributed by atoms with van der Waals surface area (Å²) < 4.78 is 5.35. The number of hydrogen-bond donors (Lipinski definition) is 2. The molecule has 0 unspecified atom stereocenters. The number of rotatable bonds is 5. The van der Waals surface area contributed by atoms with E-state index in [2.05, 4.69) is 20.6 Å². The number of anilines is 1. The van der Waals surface area contributed by atoms with Gasteiger partial charge < -0.3 is 15.4 Å². The lowest BCUT2D eigenvalue weighted by atomic mass is 10.0. The molecule has 0 saturated carbocycles. The SMILES string of the molecule is CNc1cc(C)nc(-c2cccc(C(=O)NCC3CCOCC3)c2)n1. The van der Waals surface area contributed by atoms with Crippen LogP contribution in [-0.2, 0) is 4.74 Å². The lowest BCUT2D eigenvalue weighted by Crippen LogP contribution is -2.32. The van der Waals surface area contributed by atoms with E-state index in [-0.39, 0.29) is 5.91 Å². The number of carbonyl (C=O) groups is 1. The van der Waals surface area contributed by atoms with Crippen LogP contribution >= 0.6 is 0 Å². The number of carbonyl (C=O) groups excluding carboxylic acids is 1. The highest BCUT2D eigenvalue weighted by atomic mass is 16.5. The van der Waals surface area contributed by atoms with Gasteiger partial charge in [0.25, 0.3) is 5.91 Å². The maximum Gasteiger partial charge on any atom is 0.251 e. The summed E-state index contributed by atoms with van der Waals surface area (Å²) in [7, 11) is 1.83. The molecule has 2 aromatic rings. The summed E-state index contributed by atoms with van der Waals surface area (Å²) in [5.41, 5.74) is 2.34. The molecule has 1 amide bonds. The van der Waals surface area contributed by atoms with Gasteiger partial charge in [-0.05, 0) is 37.8 Å². The minimum Gasteiger partial charge on any atom is -0.381 e. The molecule has 1 aliphatic heterocycles. The largest absolute Gasteiger partial charge is 0.381 e. The van der Waals surface area contributed by atoms with Crippen LogP contribution in [0.2, 0.25) is 0 Å². The zero-order valence-electron chi connectivity index (χ0n) is 14.7. The van der Waals surface area contributed by atoms with Gasteiger partial charge >= 0.3 is 0 Å². The van der Waals surface area contributed by atoms with E-state index < -0.39 is 0 Å². The second-order valence-corrected chi connectivity index (χ2v) is 6.31. The van der Waals surface area contributed by atoms with Crippen LogP contribution < -0.4 is 10.6 Å². The van der Waals surface area contributed by atoms with Gasteiger partial charge in [-0.3, -0.25) is 4.79 Å². The summed E-state index contributed by atoms with van der Waals surface area (Å²) in [5, 5.41) is 6.06. The minimum atomic E-state index is -0.0603. The van der Waals surface area contributed by atoms with E-state index in [9.17, 15) is 4.79 Å². The van der Waals surface area contributed by atoms with Gasteiger partial charge in [0, 0.05) is 49.7 Å². The van der Waals surface area contributed by atoms with Crippen LogP contribution in [0.3, 0.4) is 0 Å². The molecule has 1 aliphatic rings. The van der Waals surface area contributed by atoms with Crippen molar-refractivity contribution in [2.45, 2.75) is 19.8 Å². The summed E-state index contributed by atoms with van der Waals surface area (Å²) in [4.78, 5) is 21.4. The Labute approximate surface area is 148 Å². The number of benzene rings is 1. The summed E-state index contributed by atoms with van der Waals surface area (Å²) in [6.45, 7) is 4.19. The third kappa shape index (κ3) is 4.54. The monoisotopic (exact) mass is 340 g/mol. The van der Waals surface area contributed by atoms with E-state index in [1.165, 1.54) is 0 Å². The molecule has 0 bridgehead atoms. The molecule has 0 spiro atoms. The molecule has 1 aromatic carbocycles. The molecule has 0 radical (unpaired) electrons. The van der Waals surface area contributed by atoms with Crippen molar-refractivity contribution in [2.24, 2.45) is 5.92 Å². The van der Waals surface area contributed by atoms with Crippen LogP contribution in [0.4, 0.5) is 5.82 Å². The average Bonchev–Trinajstić information content (AvgIpc) is 2.66. The van der Waals surface area contributed by atoms with Crippen LogP contribution in [0.25, 0.3) is 11.4 Å². The van der Waals surface area contributed by atoms with Crippen molar-refractivity contribution >= 4 is 11.7 Å². The number of aromatic nitrogens is 2. The average molecular weight is 340 g/mol. The normalized spacial score (nSPS) is 15.0. The number of nitrogens with one attached hydrogen (secondary N) is 2. The number of ether oxygens (including phenoxy) is 1. The molecule has 1 fully saturated rings. The minimum absolute atomic E-state index is 0.0603. The van der Waals surface area contributed by atoms with E-state index in [1.54, 1.807) is 0 Å². The first kappa shape index (κ1) is 17.4. The third-order valence-electron chi connectivity index (χ3n) is 4.39. The van der Waals surface area contributed by atoms with Gasteiger partial charge in [-0.1, -0.05) is 12.1 Å². The van der Waals surface area contributed by atoms with Gasteiger partial charge in [0.05, 0.1) is 0 Å². The molecule has 1 saturated heterocycles. The third-order valence-corrected chi connectivity index (χ3v) is 4.39. The van der Waals surface area contributed by atoms with Crippen LogP contribution in [0.15, 0.2) is 30.3 Å². The molecule has 0 aliphatic carbocycles. The summed E-state index contributed by atoms with van der Waals surface area (Å²) in [6.07, 6.45) is 2.01. The summed E-state index contributed by atoms with van der Waals surface area (Å²) >= 11 is 0. The molecular formula is C19H24N4O2. The summed E-state index contributed by atoms with van der Waals surface area (Å²) in [5.74, 6) is 1.81. The Hall–Kier alpha value is -2.47. The summed E-state index contributed by atoms with van der Waals surface area (Å²) in [6, 6.07) is 9.33. The van der Waals surface area contributed by atoms with Crippen molar-refractivity contribution in [3.63, 3.8) is 0 Å². The van der Waals surface area contributed by atoms with E-state index in [4.69, 9.17) is 4.74 Å². The number of hydrogen-bond acceptors (Lipinski definition) is 5. The molecule has 0 atom stereocenters. The van der Waals surface area contributed by atoms with Crippen molar-refractivity contribution < 1.29 is 9.53 Å². The Morgan fingerprint density at radius 2 is 2.04 bits per heavy atom. The smallest absolute Gasteiger partial charge is 0.251 e. The van der Waals surface area contributed by atoms with Gasteiger partial charge in [-0.2, -0.15) is 0 Å². The highest BCUT2D eigenvalue weighted by Gasteiger charge is 2.16. The van der Waals surface area contributed by atoms with Crippen LogP contribution in [-0.4, -0.2) is 42.7 Å². The lowest BCUT2D eigenvalue weighted by Gasteiger charge is -2.22. The second kappa shape index (κ2) is 8.07. The molecule has 6 nitrogen and oxygen atoms in total. The van der Waals surface area contributed by atoms with E-state index >= 15 is 0 Å². The Balaban J connectivity index is 1.72. The van der Waals surface area contributed by atoms with Crippen molar-refractivity contribution in [1.82, 2.24) is 15.3 Å². The first-order chi connectivity index (χ1) is 12.2. The van der Waals surface area contributed by atoms with E-state index in [1.807, 2.05) is 44.3 Å². The van der Waals surface area contributed by atoms with Crippen molar-refractivity contribution in [1.29, 1.82) is 0 Å². The van der Waals surface area contributed by atoms with Crippen LogP contribution in [0, 0.1) is 12.8 Å². The molecule has 3 rings (SSSR count). The first-order valence-corrected chi connectivity index (χ1v) is 8.65. The predicted octanol–water partition coefficient (Wildman–Crippen LogP) is 2.65. The van der Waals surface area contributed by atoms with E-state index in [0.29, 0.717) is 23.9 Å². The highest BCUT2D eigenvalue weighted by Crippen LogP contribution is 2.19. The van der Waals surface area contributed by atoms with Crippen molar-refractivity contribution in [3.05, 3.63) is 41.6 Å². The fourth-order valence-corrected chi connectivity index (χ4v) is 2.91. The standard InChI is InChI=1S/C19H24N4O2/c1-13-10-17(20-2)23-18(22-13)15-4-3-5-16(11-15)19(24)21-12-14-6-8-25-9-7-14/h3-5,10-11,14H,6-9,12H2,1-2H3,(H,21,24)(H,20,22,23). The molecule has 6 heteroatoms. The van der Waals surface area contributed by atoms with Crippen LogP contribution in [0.5, 0.6) is 0 Å². The van der Waals surface area contributed by atoms with Crippen molar-refractivity contribution in [2.75, 3.05) is 32.1 Å². The Bertz CT molecular complexity index is 742. The van der Waals surface area contributed by atoms with Crippen LogP contribution in [0.1, 0.15) is 28.9 Å². The Kier molecular flexibility index (Phi) is 5.60. The lowest BCUT2D eigenvalue weighted by molar-refractivity contribution is 0.0642. The Morgan fingerprint density at radius 3 is 2.80 bits per heavy atom. The molecule has 2 N–H and O–H groups in total. The Morgan fingerprint density at radius 1 is 1.24 bits per heavy atom. The fourth-order valence-electron chi connectivity index (χ4n) is 2.91. The molecule has 2 heterocycles. The number of aryl methyl sites for hydroxylation is 1. The number of amides is 1. The molecule has 132 valence electrons. The maximum atomic E-state index is 12.5. The fraction of sp³-hybridized carbons (Fsp3) is 0.421. The molecule has 1 aromatic heterocycles. The van der Waals surface area contributed by atoms with E-state index in [0.717, 1.165) is 43.1 Å². The molecule has 25 heavy (non-hydrogen) atoms. The first-order valence-electron chi connectivity index (χ1n) is 8.65. The maximum absolute atomic E-state index is 12.5. The van der Waals surface area contributed by atoms with Gasteiger partial charge in [0.15, 0.2) is 5.82 Å². The van der Waals surface area contributed by atoms with Gasteiger partial charge in [0.2, 0.25) is 0 Å². The van der Waals surface area contributed by atoms with Gasteiger partial charge in [0.1, 0.15) is 5.82 Å². The number of nitrogens with zero attached hydrogens (tertiary/aromatic N) is 2. The molecular weight excluding hydrogens is 316 g/mol. The van der Waals surface area contributed by atoms with Crippen molar-refractivity contribution in [3.8, 4) is 11.4 Å². The zero-order chi connectivity index (χ0) is 17.6. The quantitative estimate of drug-likeness (QED) is 0.875. The highest BCUT2D eigenvalue weighted by molar-refractivity contribution is 5.95. The van der Waals surface area contributed by atoms with Gasteiger partial charge in [-0.25, -0.2) is 9.97 Å². The topological polar surface area (TPSA) is 76.1 Å².